The van der Waals surface area contributed by atoms with E-state index < -0.39 is 0 Å². The van der Waals surface area contributed by atoms with Crippen molar-refractivity contribution in [3.63, 3.8) is 0 Å². The summed E-state index contributed by atoms with van der Waals surface area (Å²) in [4.78, 5) is 4.15. The maximum absolute atomic E-state index is 6.06. The van der Waals surface area contributed by atoms with Crippen molar-refractivity contribution < 1.29 is 4.74 Å². The van der Waals surface area contributed by atoms with Gasteiger partial charge in [-0.3, -0.25) is 0 Å². The SMILES string of the molecule is CCC1OCCC1CNc1nc(N)c(Cl)cc1Cl. The zero-order valence-corrected chi connectivity index (χ0v) is 11.8. The molecular formula is C12H17Cl2N3O. The molecule has 0 aliphatic carbocycles. The first-order valence-electron chi connectivity index (χ1n) is 6.08. The third kappa shape index (κ3) is 2.99. The van der Waals surface area contributed by atoms with Gasteiger partial charge in [0.25, 0.3) is 0 Å². The van der Waals surface area contributed by atoms with E-state index in [1.165, 1.54) is 0 Å². The zero-order valence-electron chi connectivity index (χ0n) is 10.2. The molecule has 6 heteroatoms. The third-order valence-corrected chi connectivity index (χ3v) is 3.83. The smallest absolute Gasteiger partial charge is 0.147 e. The largest absolute Gasteiger partial charge is 0.382 e. The highest BCUT2D eigenvalue weighted by atomic mass is 35.5. The Morgan fingerprint density at radius 2 is 2.28 bits per heavy atom. The maximum Gasteiger partial charge on any atom is 0.147 e. The predicted molar refractivity (Wildman–Crippen MR) is 75.3 cm³/mol. The molecule has 100 valence electrons. The van der Waals surface area contributed by atoms with Crippen molar-refractivity contribution in [2.75, 3.05) is 24.2 Å². The lowest BCUT2D eigenvalue weighted by molar-refractivity contribution is 0.0900. The lowest BCUT2D eigenvalue weighted by Crippen LogP contribution is -2.23. The molecule has 0 radical (unpaired) electrons. The highest BCUT2D eigenvalue weighted by molar-refractivity contribution is 6.37. The van der Waals surface area contributed by atoms with E-state index in [0.29, 0.717) is 33.7 Å². The number of nitrogens with two attached hydrogens (primary N) is 1. The number of ether oxygens (including phenoxy) is 1. The lowest BCUT2D eigenvalue weighted by atomic mass is 10.00. The summed E-state index contributed by atoms with van der Waals surface area (Å²) < 4.78 is 5.64. The van der Waals surface area contributed by atoms with Gasteiger partial charge < -0.3 is 15.8 Å². The first-order valence-corrected chi connectivity index (χ1v) is 6.84. The quantitative estimate of drug-likeness (QED) is 0.894. The van der Waals surface area contributed by atoms with E-state index in [-0.39, 0.29) is 0 Å². The molecule has 1 aliphatic rings. The number of nitrogen functional groups attached to an aromatic ring is 1. The molecule has 1 aromatic rings. The maximum atomic E-state index is 6.06. The normalized spacial score (nSPS) is 23.3. The fourth-order valence-corrected chi connectivity index (χ4v) is 2.64. The van der Waals surface area contributed by atoms with Crippen LogP contribution in [-0.4, -0.2) is 24.2 Å². The van der Waals surface area contributed by atoms with Crippen LogP contribution >= 0.6 is 23.2 Å². The minimum atomic E-state index is 0.290. The number of hydrogen-bond acceptors (Lipinski definition) is 4. The van der Waals surface area contributed by atoms with Gasteiger partial charge in [-0.05, 0) is 18.9 Å². The van der Waals surface area contributed by atoms with Crippen LogP contribution in [0.25, 0.3) is 0 Å². The molecule has 0 bridgehead atoms. The van der Waals surface area contributed by atoms with Crippen molar-refractivity contribution in [3.8, 4) is 0 Å². The Labute approximate surface area is 117 Å². The Hall–Kier alpha value is -0.710. The number of hydrogen-bond donors (Lipinski definition) is 2. The molecule has 3 N–H and O–H groups in total. The van der Waals surface area contributed by atoms with Gasteiger partial charge in [0, 0.05) is 19.1 Å². The number of pyridine rings is 1. The molecule has 1 aromatic heterocycles. The van der Waals surface area contributed by atoms with Crippen LogP contribution in [0, 0.1) is 5.92 Å². The average Bonchev–Trinajstić information content (AvgIpc) is 2.79. The van der Waals surface area contributed by atoms with E-state index in [1.54, 1.807) is 6.07 Å². The Morgan fingerprint density at radius 3 is 3.00 bits per heavy atom. The molecule has 2 heterocycles. The van der Waals surface area contributed by atoms with E-state index in [2.05, 4.69) is 17.2 Å². The first-order chi connectivity index (χ1) is 8.61. The summed E-state index contributed by atoms with van der Waals surface area (Å²) >= 11 is 11.9. The van der Waals surface area contributed by atoms with Crippen LogP contribution in [0.4, 0.5) is 11.6 Å². The van der Waals surface area contributed by atoms with Crippen molar-refractivity contribution in [2.45, 2.75) is 25.9 Å². The van der Waals surface area contributed by atoms with Gasteiger partial charge in [0.2, 0.25) is 0 Å². The fourth-order valence-electron chi connectivity index (χ4n) is 2.21. The third-order valence-electron chi connectivity index (χ3n) is 3.24. The zero-order chi connectivity index (χ0) is 13.1. The van der Waals surface area contributed by atoms with Crippen LogP contribution in [0.5, 0.6) is 0 Å². The minimum Gasteiger partial charge on any atom is -0.382 e. The summed E-state index contributed by atoms with van der Waals surface area (Å²) in [5.41, 5.74) is 5.66. The Morgan fingerprint density at radius 1 is 1.50 bits per heavy atom. The van der Waals surface area contributed by atoms with Crippen molar-refractivity contribution >= 4 is 34.8 Å². The average molecular weight is 290 g/mol. The molecule has 4 nitrogen and oxygen atoms in total. The first kappa shape index (κ1) is 13.7. The van der Waals surface area contributed by atoms with Crippen LogP contribution in [0.3, 0.4) is 0 Å². The molecule has 2 unspecified atom stereocenters. The second-order valence-electron chi connectivity index (χ2n) is 4.43. The highest BCUT2D eigenvalue weighted by Gasteiger charge is 2.26. The predicted octanol–water partition coefficient (Wildman–Crippen LogP) is 3.20. The molecule has 0 aromatic carbocycles. The van der Waals surface area contributed by atoms with Crippen LogP contribution in [0.15, 0.2) is 6.07 Å². The summed E-state index contributed by atoms with van der Waals surface area (Å²) in [5.74, 6) is 1.36. The van der Waals surface area contributed by atoms with Gasteiger partial charge in [-0.15, -0.1) is 0 Å². The highest BCUT2D eigenvalue weighted by Crippen LogP contribution is 2.29. The second kappa shape index (κ2) is 5.95. The molecule has 1 saturated heterocycles. The van der Waals surface area contributed by atoms with Crippen molar-refractivity contribution in [1.82, 2.24) is 4.98 Å². The lowest BCUT2D eigenvalue weighted by Gasteiger charge is -2.18. The van der Waals surface area contributed by atoms with Gasteiger partial charge in [0.05, 0.1) is 16.1 Å². The van der Waals surface area contributed by atoms with E-state index in [9.17, 15) is 0 Å². The summed E-state index contributed by atoms with van der Waals surface area (Å²) in [6.07, 6.45) is 2.41. The minimum absolute atomic E-state index is 0.290. The number of aromatic nitrogens is 1. The fraction of sp³-hybridized carbons (Fsp3) is 0.583. The van der Waals surface area contributed by atoms with Crippen molar-refractivity contribution in [3.05, 3.63) is 16.1 Å². The standard InChI is InChI=1S/C12H17Cl2N3O/c1-2-10-7(3-4-18-10)6-16-12-9(14)5-8(13)11(15)17-12/h5,7,10H,2-4,6H2,1H3,(H3,15,16,17). The topological polar surface area (TPSA) is 60.2 Å². The molecule has 0 amide bonds. The van der Waals surface area contributed by atoms with Crippen LogP contribution in [-0.2, 0) is 4.74 Å². The number of nitrogens with one attached hydrogen (secondary N) is 1. The van der Waals surface area contributed by atoms with E-state index in [1.807, 2.05) is 0 Å². The molecular weight excluding hydrogens is 273 g/mol. The Bertz CT molecular complexity index is 428. The monoisotopic (exact) mass is 289 g/mol. The Balaban J connectivity index is 2.00. The van der Waals surface area contributed by atoms with Crippen molar-refractivity contribution in [2.24, 2.45) is 5.92 Å². The van der Waals surface area contributed by atoms with E-state index >= 15 is 0 Å². The molecule has 2 atom stereocenters. The second-order valence-corrected chi connectivity index (χ2v) is 5.25. The summed E-state index contributed by atoms with van der Waals surface area (Å²) in [7, 11) is 0. The number of nitrogens with zero attached hydrogens (tertiary/aromatic N) is 1. The van der Waals surface area contributed by atoms with Gasteiger partial charge in [-0.25, -0.2) is 4.98 Å². The van der Waals surface area contributed by atoms with Gasteiger partial charge in [0.15, 0.2) is 0 Å². The molecule has 18 heavy (non-hydrogen) atoms. The van der Waals surface area contributed by atoms with Gasteiger partial charge in [-0.1, -0.05) is 30.1 Å². The summed E-state index contributed by atoms with van der Waals surface area (Å²) in [5, 5.41) is 4.09. The van der Waals surface area contributed by atoms with Gasteiger partial charge in [-0.2, -0.15) is 0 Å². The molecule has 0 spiro atoms. The molecule has 2 rings (SSSR count). The molecule has 1 aliphatic heterocycles. The Kier molecular flexibility index (Phi) is 4.54. The van der Waals surface area contributed by atoms with Gasteiger partial charge in [0.1, 0.15) is 11.6 Å². The number of anilines is 2. The van der Waals surface area contributed by atoms with Gasteiger partial charge >= 0.3 is 0 Å². The van der Waals surface area contributed by atoms with Crippen molar-refractivity contribution in [1.29, 1.82) is 0 Å². The van der Waals surface area contributed by atoms with Crippen LogP contribution in [0.1, 0.15) is 19.8 Å². The van der Waals surface area contributed by atoms with Crippen LogP contribution < -0.4 is 11.1 Å². The number of halogens is 2. The van der Waals surface area contributed by atoms with E-state index in [0.717, 1.165) is 26.0 Å². The van der Waals surface area contributed by atoms with Crippen LogP contribution in [0.2, 0.25) is 10.0 Å². The summed E-state index contributed by atoms with van der Waals surface area (Å²) in [6, 6.07) is 1.61. The summed E-state index contributed by atoms with van der Waals surface area (Å²) in [6.45, 7) is 3.75. The molecule has 0 saturated carbocycles. The molecule has 1 fully saturated rings. The van der Waals surface area contributed by atoms with E-state index in [4.69, 9.17) is 33.7 Å². The number of rotatable bonds is 4.